The number of carbonyl (C=O) groups is 4. The summed E-state index contributed by atoms with van der Waals surface area (Å²) in [4.78, 5) is 54.7. The van der Waals surface area contributed by atoms with Gasteiger partial charge in [0.05, 0.1) is 50.5 Å². The van der Waals surface area contributed by atoms with Crippen LogP contribution in [0, 0.1) is 11.8 Å². The molecule has 2 fully saturated rings. The fourth-order valence-electron chi connectivity index (χ4n) is 5.19. The molecule has 3 aliphatic heterocycles. The number of fused-ring (bicyclic) bond motifs is 3. The van der Waals surface area contributed by atoms with Crippen LogP contribution in [0.15, 0.2) is 59.7 Å². The molecule has 2 saturated heterocycles. The van der Waals surface area contributed by atoms with E-state index in [0.29, 0.717) is 11.5 Å². The molecule has 0 aliphatic carbocycles. The molecule has 10 nitrogen and oxygen atoms in total. The van der Waals surface area contributed by atoms with Gasteiger partial charge in [-0.15, -0.1) is 0 Å². The van der Waals surface area contributed by atoms with Gasteiger partial charge >= 0.3 is 5.97 Å². The molecule has 10 heteroatoms. The monoisotopic (exact) mass is 489 g/mol. The molecule has 2 amide bonds. The number of esters is 1. The van der Waals surface area contributed by atoms with Crippen molar-refractivity contribution in [2.45, 2.75) is 12.1 Å². The van der Waals surface area contributed by atoms with Crippen LogP contribution in [0.4, 0.5) is 5.69 Å². The van der Waals surface area contributed by atoms with E-state index in [1.165, 1.54) is 44.7 Å². The zero-order valence-corrected chi connectivity index (χ0v) is 19.8. The third kappa shape index (κ3) is 3.36. The van der Waals surface area contributed by atoms with Gasteiger partial charge in [-0.25, -0.2) is 9.69 Å². The predicted molar refractivity (Wildman–Crippen MR) is 128 cm³/mol. The topological polar surface area (TPSA) is 115 Å². The number of ether oxygens (including phenoxy) is 3. The van der Waals surface area contributed by atoms with E-state index >= 15 is 0 Å². The first-order chi connectivity index (χ1) is 17.4. The standard InChI is InChI=1S/C26H23N3O7/c1-34-18-11-10-14(13-19(18)35-2)23(30)22-21-20(17-9-6-12-27-29(17)22)24(31)28(25(21)32)16-8-5-4-7-15(16)26(33)36-3/h4-13,17,20-22H,1-3H3/t17-,20-,21+,22+/m1/s1. The molecule has 0 saturated carbocycles. The molecule has 5 rings (SSSR count). The molecule has 2 aromatic carbocycles. The van der Waals surface area contributed by atoms with Gasteiger partial charge in [0.1, 0.15) is 6.04 Å². The van der Waals surface area contributed by atoms with Crippen molar-refractivity contribution in [3.8, 4) is 11.5 Å². The summed E-state index contributed by atoms with van der Waals surface area (Å²) in [5, 5.41) is 5.87. The first kappa shape index (κ1) is 23.3. The number of nitrogens with zero attached hydrogens (tertiary/aromatic N) is 3. The van der Waals surface area contributed by atoms with Gasteiger partial charge < -0.3 is 14.2 Å². The third-order valence-electron chi connectivity index (χ3n) is 6.78. The van der Waals surface area contributed by atoms with E-state index in [0.717, 1.165) is 4.90 Å². The van der Waals surface area contributed by atoms with Crippen LogP contribution in [0.25, 0.3) is 0 Å². The van der Waals surface area contributed by atoms with Crippen LogP contribution in [-0.2, 0) is 14.3 Å². The van der Waals surface area contributed by atoms with Gasteiger partial charge in [-0.1, -0.05) is 18.2 Å². The summed E-state index contributed by atoms with van der Waals surface area (Å²) in [6.07, 6.45) is 4.96. The number of ketones is 1. The van der Waals surface area contributed by atoms with E-state index in [4.69, 9.17) is 14.2 Å². The van der Waals surface area contributed by atoms with Gasteiger partial charge in [0.2, 0.25) is 11.8 Å². The van der Waals surface area contributed by atoms with Crippen LogP contribution >= 0.6 is 0 Å². The molecule has 184 valence electrons. The molecule has 0 N–H and O–H groups in total. The van der Waals surface area contributed by atoms with Gasteiger partial charge in [-0.2, -0.15) is 5.10 Å². The minimum absolute atomic E-state index is 0.0819. The Morgan fingerprint density at radius 2 is 1.64 bits per heavy atom. The highest BCUT2D eigenvalue weighted by Crippen LogP contribution is 2.47. The van der Waals surface area contributed by atoms with Crippen LogP contribution in [0.1, 0.15) is 20.7 Å². The van der Waals surface area contributed by atoms with E-state index in [1.54, 1.807) is 42.5 Å². The van der Waals surface area contributed by atoms with Crippen molar-refractivity contribution >= 4 is 35.5 Å². The van der Waals surface area contributed by atoms with Crippen LogP contribution in [0.3, 0.4) is 0 Å². The van der Waals surface area contributed by atoms with Crippen molar-refractivity contribution < 1.29 is 33.4 Å². The average Bonchev–Trinajstić information content (AvgIpc) is 3.39. The summed E-state index contributed by atoms with van der Waals surface area (Å²) < 4.78 is 15.4. The number of hydrogen-bond donors (Lipinski definition) is 0. The number of rotatable bonds is 6. The Morgan fingerprint density at radius 3 is 2.36 bits per heavy atom. The summed E-state index contributed by atoms with van der Waals surface area (Å²) in [5.41, 5.74) is 0.495. The lowest BCUT2D eigenvalue weighted by Crippen LogP contribution is -2.46. The lowest BCUT2D eigenvalue weighted by atomic mass is 9.86. The molecule has 0 radical (unpaired) electrons. The molecule has 2 aromatic rings. The number of Topliss-reactive ketones (excluding diaryl/α,β-unsaturated/α-hetero) is 1. The highest BCUT2D eigenvalue weighted by molar-refractivity contribution is 6.26. The zero-order valence-electron chi connectivity index (χ0n) is 19.8. The molecular weight excluding hydrogens is 466 g/mol. The molecule has 36 heavy (non-hydrogen) atoms. The second-order valence-corrected chi connectivity index (χ2v) is 8.47. The summed E-state index contributed by atoms with van der Waals surface area (Å²) in [7, 11) is 4.18. The maximum absolute atomic E-state index is 13.8. The summed E-state index contributed by atoms with van der Waals surface area (Å²) in [6, 6.07) is 9.34. The summed E-state index contributed by atoms with van der Waals surface area (Å²) >= 11 is 0. The van der Waals surface area contributed by atoms with Crippen LogP contribution in [-0.4, -0.2) is 68.2 Å². The molecular formula is C26H23N3O7. The largest absolute Gasteiger partial charge is 0.493 e. The van der Waals surface area contributed by atoms with Gasteiger partial charge in [0.15, 0.2) is 17.3 Å². The number of amides is 2. The Balaban J connectivity index is 1.58. The molecule has 4 atom stereocenters. The Bertz CT molecular complexity index is 1330. The summed E-state index contributed by atoms with van der Waals surface area (Å²) in [6.45, 7) is 0. The first-order valence-corrected chi connectivity index (χ1v) is 11.2. The zero-order chi connectivity index (χ0) is 25.6. The fraction of sp³-hybridized carbons (Fsp3) is 0.269. The Labute approximate surface area is 206 Å². The SMILES string of the molecule is COC(=O)c1ccccc1N1C(=O)[C@H]2[C@H](C1=O)[C@@H](C(=O)c1ccc(OC)c(OC)c1)N1N=CC=C[C@H]21. The minimum Gasteiger partial charge on any atom is -0.493 e. The molecule has 0 unspecified atom stereocenters. The number of anilines is 1. The van der Waals surface area contributed by atoms with Gasteiger partial charge in [0.25, 0.3) is 0 Å². The first-order valence-electron chi connectivity index (χ1n) is 11.2. The van der Waals surface area contributed by atoms with E-state index in [9.17, 15) is 19.2 Å². The van der Waals surface area contributed by atoms with Crippen molar-refractivity contribution in [1.29, 1.82) is 0 Å². The predicted octanol–water partition coefficient (Wildman–Crippen LogP) is 2.09. The summed E-state index contributed by atoms with van der Waals surface area (Å²) in [5.74, 6) is -3.18. The molecule has 0 bridgehead atoms. The van der Waals surface area contributed by atoms with E-state index < -0.39 is 41.7 Å². The van der Waals surface area contributed by atoms with E-state index in [2.05, 4.69) is 5.10 Å². The Kier molecular flexibility index (Phi) is 5.79. The van der Waals surface area contributed by atoms with E-state index in [-0.39, 0.29) is 22.6 Å². The van der Waals surface area contributed by atoms with Gasteiger partial charge in [-0.05, 0) is 36.4 Å². The highest BCUT2D eigenvalue weighted by atomic mass is 16.5. The van der Waals surface area contributed by atoms with Crippen LogP contribution < -0.4 is 14.4 Å². The lowest BCUT2D eigenvalue weighted by molar-refractivity contribution is -0.123. The van der Waals surface area contributed by atoms with Crippen molar-refractivity contribution in [3.05, 3.63) is 65.7 Å². The average molecular weight is 489 g/mol. The number of hydrazone groups is 1. The normalized spacial score (nSPS) is 24.0. The van der Waals surface area contributed by atoms with Crippen molar-refractivity contribution in [3.63, 3.8) is 0 Å². The fourth-order valence-corrected chi connectivity index (χ4v) is 5.19. The second-order valence-electron chi connectivity index (χ2n) is 8.47. The molecule has 0 aromatic heterocycles. The number of hydrogen-bond acceptors (Lipinski definition) is 9. The molecule has 3 aliphatic rings. The Hall–Kier alpha value is -4.47. The quantitative estimate of drug-likeness (QED) is 0.344. The van der Waals surface area contributed by atoms with Crippen LogP contribution in [0.5, 0.6) is 11.5 Å². The molecule has 0 spiro atoms. The molecule has 3 heterocycles. The number of benzene rings is 2. The lowest BCUT2D eigenvalue weighted by Gasteiger charge is -2.30. The maximum Gasteiger partial charge on any atom is 0.339 e. The van der Waals surface area contributed by atoms with Crippen LogP contribution in [0.2, 0.25) is 0 Å². The van der Waals surface area contributed by atoms with Crippen molar-refractivity contribution in [2.24, 2.45) is 16.9 Å². The number of carbonyl (C=O) groups excluding carboxylic acids is 4. The number of para-hydroxylation sites is 1. The smallest absolute Gasteiger partial charge is 0.339 e. The second kappa shape index (κ2) is 8.95. The maximum atomic E-state index is 13.8. The number of methoxy groups -OCH3 is 3. The van der Waals surface area contributed by atoms with E-state index in [1.807, 2.05) is 0 Å². The number of allylic oxidation sites excluding steroid dienone is 1. The van der Waals surface area contributed by atoms with Crippen molar-refractivity contribution in [2.75, 3.05) is 26.2 Å². The van der Waals surface area contributed by atoms with Gasteiger partial charge in [0, 0.05) is 11.8 Å². The highest BCUT2D eigenvalue weighted by Gasteiger charge is 2.64. The Morgan fingerprint density at radius 1 is 0.917 bits per heavy atom. The van der Waals surface area contributed by atoms with Crippen molar-refractivity contribution in [1.82, 2.24) is 5.01 Å². The number of imide groups is 1. The minimum atomic E-state index is -1.04. The van der Waals surface area contributed by atoms with Gasteiger partial charge in [-0.3, -0.25) is 19.4 Å². The third-order valence-corrected chi connectivity index (χ3v) is 6.78.